The zero-order valence-electron chi connectivity index (χ0n) is 17.6. The molecule has 166 valence electrons. The summed E-state index contributed by atoms with van der Waals surface area (Å²) >= 11 is 0. The van der Waals surface area contributed by atoms with Gasteiger partial charge in [-0.1, -0.05) is 82.3 Å². The van der Waals surface area contributed by atoms with Gasteiger partial charge in [-0.25, -0.2) is 0 Å². The van der Waals surface area contributed by atoms with E-state index in [2.05, 4.69) is 0 Å². The van der Waals surface area contributed by atoms with E-state index in [9.17, 15) is 26.3 Å². The molecule has 30 heavy (non-hydrogen) atoms. The third-order valence-electron chi connectivity index (χ3n) is 5.66. The van der Waals surface area contributed by atoms with Gasteiger partial charge in [0.05, 0.1) is 11.8 Å². The molecule has 0 amide bonds. The van der Waals surface area contributed by atoms with Gasteiger partial charge < -0.3 is 0 Å². The van der Waals surface area contributed by atoms with Crippen LogP contribution < -0.4 is 0 Å². The lowest BCUT2D eigenvalue weighted by atomic mass is 9.71. The van der Waals surface area contributed by atoms with Gasteiger partial charge in [0.2, 0.25) is 0 Å². The lowest BCUT2D eigenvalue weighted by Gasteiger charge is -2.36. The molecular formula is C24H28F6. The molecule has 0 spiro atoms. The Kier molecular flexibility index (Phi) is 7.31. The average Bonchev–Trinajstić information content (AvgIpc) is 2.59. The molecule has 0 saturated carbocycles. The normalized spacial score (nSPS) is 15.3. The molecule has 0 saturated heterocycles. The highest BCUT2D eigenvalue weighted by molar-refractivity contribution is 5.28. The number of hydrogen-bond donors (Lipinski definition) is 0. The van der Waals surface area contributed by atoms with Crippen molar-refractivity contribution in [3.05, 3.63) is 71.3 Å². The van der Waals surface area contributed by atoms with Gasteiger partial charge in [0.15, 0.2) is 0 Å². The molecule has 0 aliphatic rings. The van der Waals surface area contributed by atoms with Gasteiger partial charge in [-0.15, -0.1) is 0 Å². The maximum atomic E-state index is 13.8. The van der Waals surface area contributed by atoms with Crippen LogP contribution in [0.1, 0.15) is 62.6 Å². The molecule has 0 bridgehead atoms. The predicted octanol–water partition coefficient (Wildman–Crippen LogP) is 8.29. The Morgan fingerprint density at radius 1 is 0.700 bits per heavy atom. The predicted molar refractivity (Wildman–Crippen MR) is 107 cm³/mol. The largest absolute Gasteiger partial charge is 0.396 e. The van der Waals surface area contributed by atoms with Crippen molar-refractivity contribution in [3.63, 3.8) is 0 Å². The lowest BCUT2D eigenvalue weighted by Crippen LogP contribution is -2.34. The van der Waals surface area contributed by atoms with E-state index in [4.69, 9.17) is 0 Å². The van der Waals surface area contributed by atoms with Crippen molar-refractivity contribution in [2.75, 3.05) is 0 Å². The van der Waals surface area contributed by atoms with E-state index in [1.807, 2.05) is 0 Å². The summed E-state index contributed by atoms with van der Waals surface area (Å²) in [5.74, 6) is -3.79. The molecule has 6 heteroatoms. The molecule has 0 aromatic heterocycles. The van der Waals surface area contributed by atoms with Crippen LogP contribution >= 0.6 is 0 Å². The van der Waals surface area contributed by atoms with Crippen molar-refractivity contribution >= 4 is 0 Å². The Labute approximate surface area is 174 Å². The van der Waals surface area contributed by atoms with Gasteiger partial charge in [0.25, 0.3) is 0 Å². The number of halogens is 6. The summed E-state index contributed by atoms with van der Waals surface area (Å²) in [6.45, 7) is 6.22. The van der Waals surface area contributed by atoms with Gasteiger partial charge in [-0.2, -0.15) is 26.3 Å². The van der Waals surface area contributed by atoms with Crippen LogP contribution in [-0.4, -0.2) is 12.4 Å². The lowest BCUT2D eigenvalue weighted by molar-refractivity contribution is -0.174. The van der Waals surface area contributed by atoms with Crippen molar-refractivity contribution in [1.82, 2.24) is 0 Å². The molecule has 2 aromatic carbocycles. The van der Waals surface area contributed by atoms with E-state index >= 15 is 0 Å². The Bertz CT molecular complexity index is 785. The van der Waals surface area contributed by atoms with Crippen LogP contribution in [0.25, 0.3) is 0 Å². The molecule has 0 radical (unpaired) electrons. The second-order valence-electron chi connectivity index (χ2n) is 8.88. The Balaban J connectivity index is 2.19. The first-order chi connectivity index (χ1) is 13.7. The molecule has 0 N–H and O–H groups in total. The summed E-state index contributed by atoms with van der Waals surface area (Å²) in [6, 6.07) is 13.9. The fourth-order valence-electron chi connectivity index (χ4n) is 4.18. The molecule has 2 rings (SSSR count). The Morgan fingerprint density at radius 3 is 1.67 bits per heavy atom. The fraction of sp³-hybridized carbons (Fsp3) is 0.500. The summed E-state index contributed by atoms with van der Waals surface area (Å²) in [6.07, 6.45) is -8.14. The fourth-order valence-corrected chi connectivity index (χ4v) is 4.18. The third kappa shape index (κ3) is 6.02. The topological polar surface area (TPSA) is 0 Å². The van der Waals surface area contributed by atoms with Crippen LogP contribution in [0.2, 0.25) is 0 Å². The Hall–Kier alpha value is -1.98. The number of alkyl halides is 6. The zero-order chi connectivity index (χ0) is 22.7. The van der Waals surface area contributed by atoms with E-state index in [1.54, 1.807) is 44.2 Å². The number of hydrogen-bond acceptors (Lipinski definition) is 0. The smallest absolute Gasteiger partial charge is 0.170 e. The molecule has 0 fully saturated rings. The van der Waals surface area contributed by atoms with E-state index in [-0.39, 0.29) is 17.5 Å². The van der Waals surface area contributed by atoms with Crippen molar-refractivity contribution in [3.8, 4) is 0 Å². The SMILES string of the molecule is CC(C)C(c1ccc(CCC(C)(C)C(c2ccccc2)C(F)(F)F)cc1)C(F)(F)F. The van der Waals surface area contributed by atoms with E-state index in [0.717, 1.165) is 5.56 Å². The minimum Gasteiger partial charge on any atom is -0.170 e. The van der Waals surface area contributed by atoms with Gasteiger partial charge in [-0.3, -0.25) is 0 Å². The van der Waals surface area contributed by atoms with Crippen LogP contribution in [0.3, 0.4) is 0 Å². The molecule has 2 atom stereocenters. The number of rotatable bonds is 7. The zero-order valence-corrected chi connectivity index (χ0v) is 17.6. The van der Waals surface area contributed by atoms with Crippen molar-refractivity contribution in [2.45, 2.75) is 64.7 Å². The molecule has 0 heterocycles. The van der Waals surface area contributed by atoms with Crippen molar-refractivity contribution < 1.29 is 26.3 Å². The van der Waals surface area contributed by atoms with E-state index in [1.165, 1.54) is 38.1 Å². The molecule has 0 aliphatic heterocycles. The summed E-state index contributed by atoms with van der Waals surface area (Å²) in [4.78, 5) is 0. The third-order valence-corrected chi connectivity index (χ3v) is 5.66. The first-order valence-electron chi connectivity index (χ1n) is 10.0. The van der Waals surface area contributed by atoms with E-state index in [0.29, 0.717) is 6.42 Å². The van der Waals surface area contributed by atoms with Gasteiger partial charge in [0.1, 0.15) is 0 Å². The summed E-state index contributed by atoms with van der Waals surface area (Å²) in [5.41, 5.74) is 0.0452. The molecule has 0 nitrogen and oxygen atoms in total. The summed E-state index contributed by atoms with van der Waals surface area (Å²) < 4.78 is 81.5. The maximum Gasteiger partial charge on any atom is 0.396 e. The second-order valence-corrected chi connectivity index (χ2v) is 8.88. The van der Waals surface area contributed by atoms with Crippen LogP contribution in [-0.2, 0) is 6.42 Å². The van der Waals surface area contributed by atoms with Crippen LogP contribution in [0.15, 0.2) is 54.6 Å². The van der Waals surface area contributed by atoms with Crippen LogP contribution in [0, 0.1) is 11.3 Å². The summed E-state index contributed by atoms with van der Waals surface area (Å²) in [5, 5.41) is 0. The van der Waals surface area contributed by atoms with Crippen LogP contribution in [0.5, 0.6) is 0 Å². The maximum absolute atomic E-state index is 13.8. The van der Waals surface area contributed by atoms with Crippen molar-refractivity contribution in [1.29, 1.82) is 0 Å². The molecule has 0 aliphatic carbocycles. The standard InChI is InChI=1S/C24H28F6/c1-16(2)20(23(25,26)27)18-12-10-17(11-13-18)14-15-22(3,4)21(24(28,29)30)19-8-6-5-7-9-19/h5-13,16,20-21H,14-15H2,1-4H3. The quantitative estimate of drug-likeness (QED) is 0.388. The number of benzene rings is 2. The first kappa shape index (κ1) is 24.3. The highest BCUT2D eigenvalue weighted by Gasteiger charge is 2.49. The Morgan fingerprint density at radius 2 is 1.23 bits per heavy atom. The average molecular weight is 430 g/mol. The minimum absolute atomic E-state index is 0.179. The molecular weight excluding hydrogens is 402 g/mol. The van der Waals surface area contributed by atoms with Gasteiger partial charge in [0, 0.05) is 0 Å². The monoisotopic (exact) mass is 430 g/mol. The number of aryl methyl sites for hydroxylation is 1. The minimum atomic E-state index is -4.40. The van der Waals surface area contributed by atoms with E-state index < -0.39 is 35.5 Å². The summed E-state index contributed by atoms with van der Waals surface area (Å²) in [7, 11) is 0. The van der Waals surface area contributed by atoms with Gasteiger partial charge >= 0.3 is 12.4 Å². The second kappa shape index (κ2) is 9.03. The molecule has 2 aromatic rings. The highest BCUT2D eigenvalue weighted by Crippen LogP contribution is 2.49. The first-order valence-corrected chi connectivity index (χ1v) is 10.0. The van der Waals surface area contributed by atoms with Gasteiger partial charge in [-0.05, 0) is 40.9 Å². The van der Waals surface area contributed by atoms with Crippen molar-refractivity contribution in [2.24, 2.45) is 11.3 Å². The highest BCUT2D eigenvalue weighted by atomic mass is 19.4. The van der Waals surface area contributed by atoms with Crippen LogP contribution in [0.4, 0.5) is 26.3 Å². The molecule has 2 unspecified atom stereocenters.